The van der Waals surface area contributed by atoms with Crippen LogP contribution in [-0.4, -0.2) is 28.3 Å². The number of hydrogen-bond acceptors (Lipinski definition) is 0. The molecular weight excluding hydrogens is 278 g/mol. The van der Waals surface area contributed by atoms with Crippen LogP contribution < -0.4 is 51.4 Å². The molecule has 0 nitrogen and oxygen atoms in total. The topological polar surface area (TPSA) is 0 Å². The summed E-state index contributed by atoms with van der Waals surface area (Å²) >= 11 is 0. The van der Waals surface area contributed by atoms with Gasteiger partial charge in [0.1, 0.15) is 0 Å². The first-order valence-corrected chi connectivity index (χ1v) is 0. The van der Waals surface area contributed by atoms with E-state index in [1.807, 2.05) is 0 Å². The molecule has 0 spiro atoms. The standard InChI is InChI=1S/Al.K.H4Si.W.4H/h;;1H4;;;;;/q;+1;;;;;;-1. The van der Waals surface area contributed by atoms with Crippen LogP contribution in [0.3, 0.4) is 0 Å². The largest absolute Gasteiger partial charge is 1.00 e. The SMILES string of the molecule is [AlH3].[H-].[K+].[SiH4].[W]. The minimum atomic E-state index is 0. The Labute approximate surface area is 99.8 Å². The van der Waals surface area contributed by atoms with Crippen LogP contribution in [-0.2, 0) is 21.1 Å². The van der Waals surface area contributed by atoms with Gasteiger partial charge in [-0.25, -0.2) is 0 Å². The fraction of sp³-hybridized carbons (Fsp3) is 0. The third-order valence-corrected chi connectivity index (χ3v) is 0. The van der Waals surface area contributed by atoms with E-state index in [9.17, 15) is 0 Å². The Morgan fingerprint density at radius 3 is 1.25 bits per heavy atom. The van der Waals surface area contributed by atoms with Gasteiger partial charge < -0.3 is 1.43 Å². The van der Waals surface area contributed by atoms with E-state index in [-0.39, 0.29) is 102 Å². The molecule has 0 aliphatic rings. The van der Waals surface area contributed by atoms with Gasteiger partial charge in [0, 0.05) is 21.1 Å². The Kier molecular flexibility index (Phi) is 114. The molecule has 0 unspecified atom stereocenters. The molecule has 0 aliphatic carbocycles. The summed E-state index contributed by atoms with van der Waals surface area (Å²) in [5.41, 5.74) is 0. The molecule has 4 heavy (non-hydrogen) atoms. The summed E-state index contributed by atoms with van der Waals surface area (Å²) in [7, 11) is 0. The normalized spacial score (nSPS) is 0. The van der Waals surface area contributed by atoms with E-state index in [4.69, 9.17) is 0 Å². The van der Waals surface area contributed by atoms with Crippen molar-refractivity contribution in [1.82, 2.24) is 0 Å². The van der Waals surface area contributed by atoms with E-state index in [1.165, 1.54) is 0 Å². The molecule has 0 radical (unpaired) electrons. The predicted molar refractivity (Wildman–Crippen MR) is 22.4 cm³/mol. The monoisotopic (exact) mass is 286 g/mol. The van der Waals surface area contributed by atoms with Gasteiger partial charge in [-0.15, -0.1) is 0 Å². The molecule has 0 amide bonds. The van der Waals surface area contributed by atoms with Crippen LogP contribution in [0.15, 0.2) is 0 Å². The van der Waals surface area contributed by atoms with E-state index < -0.39 is 0 Å². The third-order valence-electron chi connectivity index (χ3n) is 0. The van der Waals surface area contributed by atoms with Crippen molar-refractivity contribution >= 4 is 28.3 Å². The zero-order valence-electron chi connectivity index (χ0n) is 2.41. The molecule has 0 aliphatic heterocycles. The van der Waals surface area contributed by atoms with E-state index in [0.717, 1.165) is 0 Å². The predicted octanol–water partition coefficient (Wildman–Crippen LogP) is -5.52. The van der Waals surface area contributed by atoms with Gasteiger partial charge in [0.15, 0.2) is 17.4 Å². The summed E-state index contributed by atoms with van der Waals surface area (Å²) in [6, 6.07) is 0. The summed E-state index contributed by atoms with van der Waals surface area (Å²) in [6.07, 6.45) is 0. The maximum absolute atomic E-state index is 0. The summed E-state index contributed by atoms with van der Waals surface area (Å²) in [5.74, 6) is 0. The average molecular weight is 286 g/mol. The van der Waals surface area contributed by atoms with Gasteiger partial charge in [-0.1, -0.05) is 0 Å². The van der Waals surface area contributed by atoms with Crippen LogP contribution >= 0.6 is 0 Å². The number of rotatable bonds is 0. The minimum absolute atomic E-state index is 0. The smallest absolute Gasteiger partial charge is 1.00 e. The van der Waals surface area contributed by atoms with Crippen molar-refractivity contribution < 1.29 is 73.9 Å². The Balaban J connectivity index is 0. The van der Waals surface area contributed by atoms with E-state index in [1.54, 1.807) is 0 Å². The van der Waals surface area contributed by atoms with Gasteiger partial charge in [-0.2, -0.15) is 0 Å². The van der Waals surface area contributed by atoms with Crippen molar-refractivity contribution in [1.29, 1.82) is 0 Å². The van der Waals surface area contributed by atoms with Gasteiger partial charge in [0.2, 0.25) is 0 Å². The van der Waals surface area contributed by atoms with Crippen LogP contribution in [0.4, 0.5) is 0 Å². The van der Waals surface area contributed by atoms with Crippen molar-refractivity contribution in [2.45, 2.75) is 0 Å². The fourth-order valence-corrected chi connectivity index (χ4v) is 0. The molecule has 0 aromatic rings. The van der Waals surface area contributed by atoms with E-state index >= 15 is 0 Å². The summed E-state index contributed by atoms with van der Waals surface area (Å²) < 4.78 is 0. The molecule has 0 N–H and O–H groups in total. The molecule has 0 saturated heterocycles. The van der Waals surface area contributed by atoms with Crippen LogP contribution in [0, 0.1) is 0 Å². The second-order valence-electron chi connectivity index (χ2n) is 0. The Bertz CT molecular complexity index is 11.6. The molecule has 0 fully saturated rings. The molecule has 0 heterocycles. The maximum Gasteiger partial charge on any atom is 1.00 e. The number of hydrogen-bond donors (Lipinski definition) is 0. The van der Waals surface area contributed by atoms with Gasteiger partial charge in [0.05, 0.1) is 0 Å². The van der Waals surface area contributed by atoms with Crippen LogP contribution in [0.5, 0.6) is 0 Å². The van der Waals surface area contributed by atoms with Gasteiger partial charge in [0.25, 0.3) is 0 Å². The molecule has 0 saturated carbocycles. The maximum atomic E-state index is 0. The van der Waals surface area contributed by atoms with E-state index in [0.29, 0.717) is 0 Å². The molecular formula is H8AlKSiW. The van der Waals surface area contributed by atoms with Crippen molar-refractivity contribution in [2.24, 2.45) is 0 Å². The molecule has 22 valence electrons. The fourth-order valence-electron chi connectivity index (χ4n) is 0. The second-order valence-corrected chi connectivity index (χ2v) is 0. The summed E-state index contributed by atoms with van der Waals surface area (Å²) in [5, 5.41) is 0. The van der Waals surface area contributed by atoms with Gasteiger partial charge in [-0.3, -0.25) is 0 Å². The Morgan fingerprint density at radius 1 is 1.25 bits per heavy atom. The minimum Gasteiger partial charge on any atom is -1.00 e. The Hall–Kier alpha value is 3.07. The molecule has 4 heteroatoms. The first-order chi connectivity index (χ1) is 0. The molecule has 0 aromatic heterocycles. The van der Waals surface area contributed by atoms with Gasteiger partial charge >= 0.3 is 51.4 Å². The van der Waals surface area contributed by atoms with Gasteiger partial charge in [-0.05, 0) is 11.0 Å². The first-order valence-electron chi connectivity index (χ1n) is 0. The zero-order chi connectivity index (χ0) is 0. The van der Waals surface area contributed by atoms with Crippen molar-refractivity contribution in [2.75, 3.05) is 0 Å². The van der Waals surface area contributed by atoms with Crippen LogP contribution in [0.25, 0.3) is 0 Å². The second kappa shape index (κ2) is 16.5. The summed E-state index contributed by atoms with van der Waals surface area (Å²) in [6.45, 7) is 0. The molecule has 0 rings (SSSR count). The molecule has 0 aromatic carbocycles. The molecule has 0 atom stereocenters. The third kappa shape index (κ3) is 8.91. The Morgan fingerprint density at radius 2 is 1.25 bits per heavy atom. The van der Waals surface area contributed by atoms with Crippen LogP contribution in [0.1, 0.15) is 1.43 Å². The van der Waals surface area contributed by atoms with Crippen molar-refractivity contribution in [3.05, 3.63) is 0 Å². The molecule has 0 bridgehead atoms. The average Bonchev–Trinajstić information content (AvgIpc) is 0. The van der Waals surface area contributed by atoms with Crippen molar-refractivity contribution in [3.63, 3.8) is 0 Å². The zero-order valence-corrected chi connectivity index (χ0v) is 7.46. The summed E-state index contributed by atoms with van der Waals surface area (Å²) in [4.78, 5) is 0. The quantitative estimate of drug-likeness (QED) is 0.390. The first kappa shape index (κ1) is 27.6. The van der Waals surface area contributed by atoms with Crippen LogP contribution in [0.2, 0.25) is 0 Å². The van der Waals surface area contributed by atoms with Crippen molar-refractivity contribution in [3.8, 4) is 0 Å². The van der Waals surface area contributed by atoms with E-state index in [2.05, 4.69) is 0 Å².